The van der Waals surface area contributed by atoms with Crippen molar-refractivity contribution in [2.45, 2.75) is 76.3 Å². The van der Waals surface area contributed by atoms with E-state index in [1.165, 1.54) is 4.31 Å². The zero-order valence-electron chi connectivity index (χ0n) is 20.7. The third-order valence-corrected chi connectivity index (χ3v) is 8.01. The van der Waals surface area contributed by atoms with Gasteiger partial charge in [-0.1, -0.05) is 12.5 Å². The fourth-order valence-electron chi connectivity index (χ4n) is 4.25. The van der Waals surface area contributed by atoms with Crippen LogP contribution in [-0.4, -0.2) is 74.0 Å². The summed E-state index contributed by atoms with van der Waals surface area (Å²) in [6.07, 6.45) is 3.84. The first kappa shape index (κ1) is 26.4. The summed E-state index contributed by atoms with van der Waals surface area (Å²) >= 11 is 0. The van der Waals surface area contributed by atoms with Gasteiger partial charge in [0.25, 0.3) is 0 Å². The van der Waals surface area contributed by atoms with E-state index in [1.807, 2.05) is 32.6 Å². The molecule has 9 nitrogen and oxygen atoms in total. The molecule has 2 aliphatic heterocycles. The standard InChI is InChI=1S/C24H38N4O5S/c1-18-8-9-20(34(31,32)28-12-6-5-7-13-28)16-21(18)26-22(29)17-27-14-10-19(11-15-27)25-23(30)33-24(2,3)4/h8-9,16,19H,5-7,10-15,17H2,1-4H3,(H,25,30)(H,26,29). The van der Waals surface area contributed by atoms with Gasteiger partial charge in [0.1, 0.15) is 5.60 Å². The number of carbonyl (C=O) groups is 2. The molecule has 34 heavy (non-hydrogen) atoms. The van der Waals surface area contributed by atoms with Crippen LogP contribution in [0.5, 0.6) is 0 Å². The highest BCUT2D eigenvalue weighted by Gasteiger charge is 2.27. The third kappa shape index (κ3) is 7.41. The Labute approximate surface area is 203 Å². The quantitative estimate of drug-likeness (QED) is 0.629. The van der Waals surface area contributed by atoms with E-state index in [1.54, 1.807) is 18.2 Å². The van der Waals surface area contributed by atoms with Crippen molar-refractivity contribution in [3.8, 4) is 0 Å². The second-order valence-electron chi connectivity index (χ2n) is 10.2. The molecular weight excluding hydrogens is 456 g/mol. The Balaban J connectivity index is 1.52. The Morgan fingerprint density at radius 1 is 1.06 bits per heavy atom. The van der Waals surface area contributed by atoms with Crippen molar-refractivity contribution in [3.05, 3.63) is 23.8 Å². The highest BCUT2D eigenvalue weighted by Crippen LogP contribution is 2.25. The predicted octanol–water partition coefficient (Wildman–Crippen LogP) is 3.10. The summed E-state index contributed by atoms with van der Waals surface area (Å²) in [5.74, 6) is -0.186. The summed E-state index contributed by atoms with van der Waals surface area (Å²) in [7, 11) is -3.57. The average molecular weight is 495 g/mol. The fourth-order valence-corrected chi connectivity index (χ4v) is 5.80. The molecule has 2 aliphatic rings. The molecule has 0 atom stereocenters. The lowest BCUT2D eigenvalue weighted by atomic mass is 10.1. The van der Waals surface area contributed by atoms with E-state index in [0.717, 1.165) is 37.7 Å². The van der Waals surface area contributed by atoms with Crippen LogP contribution < -0.4 is 10.6 Å². The van der Waals surface area contributed by atoms with Gasteiger partial charge in [-0.05, 0) is 71.1 Å². The summed E-state index contributed by atoms with van der Waals surface area (Å²) in [4.78, 5) is 26.9. The van der Waals surface area contributed by atoms with Crippen LogP contribution in [0.4, 0.5) is 10.5 Å². The van der Waals surface area contributed by atoms with Crippen LogP contribution >= 0.6 is 0 Å². The molecule has 2 amide bonds. The number of benzene rings is 1. The molecule has 0 aromatic heterocycles. The van der Waals surface area contributed by atoms with E-state index in [2.05, 4.69) is 10.6 Å². The highest BCUT2D eigenvalue weighted by molar-refractivity contribution is 7.89. The number of ether oxygens (including phenoxy) is 1. The maximum absolute atomic E-state index is 13.0. The Morgan fingerprint density at radius 2 is 1.71 bits per heavy atom. The number of hydrogen-bond acceptors (Lipinski definition) is 6. The molecule has 0 spiro atoms. The largest absolute Gasteiger partial charge is 0.444 e. The number of hydrogen-bond donors (Lipinski definition) is 2. The van der Waals surface area contributed by atoms with Crippen LogP contribution in [0.3, 0.4) is 0 Å². The Hall–Kier alpha value is -2.17. The van der Waals surface area contributed by atoms with Gasteiger partial charge in [0.15, 0.2) is 0 Å². The van der Waals surface area contributed by atoms with Gasteiger partial charge in [0.2, 0.25) is 15.9 Å². The zero-order valence-corrected chi connectivity index (χ0v) is 21.5. The van der Waals surface area contributed by atoms with Crippen LogP contribution in [0, 0.1) is 6.92 Å². The zero-order chi connectivity index (χ0) is 24.9. The van der Waals surface area contributed by atoms with E-state index in [-0.39, 0.29) is 23.4 Å². The number of carbonyl (C=O) groups excluding carboxylic acids is 2. The molecule has 2 fully saturated rings. The normalized spacial score (nSPS) is 18.9. The topological polar surface area (TPSA) is 108 Å². The molecule has 2 heterocycles. The van der Waals surface area contributed by atoms with E-state index in [4.69, 9.17) is 4.74 Å². The van der Waals surface area contributed by atoms with Crippen molar-refractivity contribution in [1.29, 1.82) is 0 Å². The first-order valence-corrected chi connectivity index (χ1v) is 13.5. The minimum absolute atomic E-state index is 0.0214. The molecule has 3 rings (SSSR count). The third-order valence-electron chi connectivity index (χ3n) is 6.11. The number of anilines is 1. The first-order valence-electron chi connectivity index (χ1n) is 12.1. The van der Waals surface area contributed by atoms with Crippen molar-refractivity contribution < 1.29 is 22.7 Å². The van der Waals surface area contributed by atoms with Crippen LogP contribution in [0.2, 0.25) is 0 Å². The van der Waals surface area contributed by atoms with E-state index >= 15 is 0 Å². The van der Waals surface area contributed by atoms with Crippen LogP contribution in [-0.2, 0) is 19.6 Å². The van der Waals surface area contributed by atoms with Gasteiger partial charge in [-0.15, -0.1) is 0 Å². The number of rotatable bonds is 6. The first-order chi connectivity index (χ1) is 15.9. The van der Waals surface area contributed by atoms with Crippen LogP contribution in [0.25, 0.3) is 0 Å². The van der Waals surface area contributed by atoms with Gasteiger partial charge in [0.05, 0.1) is 11.4 Å². The Kier molecular flexibility index (Phi) is 8.59. The SMILES string of the molecule is Cc1ccc(S(=O)(=O)N2CCCCC2)cc1NC(=O)CN1CCC(NC(=O)OC(C)(C)C)CC1. The molecular formula is C24H38N4O5S. The minimum atomic E-state index is -3.57. The number of sulfonamides is 1. The summed E-state index contributed by atoms with van der Waals surface area (Å²) < 4.78 is 32.8. The number of nitrogens with zero attached hydrogens (tertiary/aromatic N) is 2. The lowest BCUT2D eigenvalue weighted by Gasteiger charge is -2.32. The van der Waals surface area contributed by atoms with Crippen molar-refractivity contribution in [1.82, 2.24) is 14.5 Å². The second-order valence-corrected chi connectivity index (χ2v) is 12.1. The molecule has 190 valence electrons. The van der Waals surface area contributed by atoms with Crippen molar-refractivity contribution >= 4 is 27.7 Å². The van der Waals surface area contributed by atoms with Crippen molar-refractivity contribution in [3.63, 3.8) is 0 Å². The number of alkyl carbamates (subject to hydrolysis) is 1. The minimum Gasteiger partial charge on any atom is -0.444 e. The lowest BCUT2D eigenvalue weighted by molar-refractivity contribution is -0.117. The van der Waals surface area contributed by atoms with Crippen LogP contribution in [0.15, 0.2) is 23.1 Å². The molecule has 0 aliphatic carbocycles. The fraction of sp³-hybridized carbons (Fsp3) is 0.667. The molecule has 0 unspecified atom stereocenters. The van der Waals surface area contributed by atoms with Crippen molar-refractivity contribution in [2.24, 2.45) is 0 Å². The number of piperidine rings is 2. The number of aryl methyl sites for hydroxylation is 1. The van der Waals surface area contributed by atoms with Gasteiger partial charge in [-0.3, -0.25) is 9.69 Å². The average Bonchev–Trinajstić information content (AvgIpc) is 2.76. The molecule has 10 heteroatoms. The molecule has 0 bridgehead atoms. The number of likely N-dealkylation sites (tertiary alicyclic amines) is 1. The van der Waals surface area contributed by atoms with E-state index in [0.29, 0.717) is 31.9 Å². The summed E-state index contributed by atoms with van der Waals surface area (Å²) in [6.45, 7) is 9.97. The molecule has 1 aromatic rings. The maximum Gasteiger partial charge on any atom is 0.407 e. The van der Waals surface area contributed by atoms with Gasteiger partial charge < -0.3 is 15.4 Å². The monoisotopic (exact) mass is 494 g/mol. The van der Waals surface area contributed by atoms with Crippen LogP contribution in [0.1, 0.15) is 58.4 Å². The smallest absolute Gasteiger partial charge is 0.407 e. The lowest BCUT2D eigenvalue weighted by Crippen LogP contribution is -2.47. The van der Waals surface area contributed by atoms with E-state index < -0.39 is 21.7 Å². The number of nitrogens with one attached hydrogen (secondary N) is 2. The van der Waals surface area contributed by atoms with Crippen molar-refractivity contribution in [2.75, 3.05) is 38.0 Å². The molecule has 2 N–H and O–H groups in total. The number of amides is 2. The summed E-state index contributed by atoms with van der Waals surface area (Å²) in [6, 6.07) is 4.93. The molecule has 2 saturated heterocycles. The molecule has 1 aromatic carbocycles. The van der Waals surface area contributed by atoms with E-state index in [9.17, 15) is 18.0 Å². The second kappa shape index (κ2) is 11.0. The Bertz CT molecular complexity index is 976. The van der Waals surface area contributed by atoms with Gasteiger partial charge in [-0.25, -0.2) is 13.2 Å². The van der Waals surface area contributed by atoms with Gasteiger partial charge in [0, 0.05) is 37.9 Å². The Morgan fingerprint density at radius 3 is 2.32 bits per heavy atom. The summed E-state index contributed by atoms with van der Waals surface area (Å²) in [5.41, 5.74) is 0.793. The van der Waals surface area contributed by atoms with Gasteiger partial charge in [-0.2, -0.15) is 4.31 Å². The predicted molar refractivity (Wildman–Crippen MR) is 131 cm³/mol. The summed E-state index contributed by atoms with van der Waals surface area (Å²) in [5, 5.41) is 5.78. The highest BCUT2D eigenvalue weighted by atomic mass is 32.2. The van der Waals surface area contributed by atoms with Gasteiger partial charge >= 0.3 is 6.09 Å². The molecule has 0 radical (unpaired) electrons. The molecule has 0 saturated carbocycles. The maximum atomic E-state index is 13.0.